The van der Waals surface area contributed by atoms with Gasteiger partial charge in [0.05, 0.1) is 0 Å². The predicted molar refractivity (Wildman–Crippen MR) is 275 cm³/mol. The van der Waals surface area contributed by atoms with E-state index in [1.165, 1.54) is 225 Å². The Hall–Kier alpha value is -1.85. The van der Waals surface area contributed by atoms with Gasteiger partial charge in [-0.05, 0) is 44.9 Å². The van der Waals surface area contributed by atoms with E-state index in [1.807, 2.05) is 0 Å². The molecular formula is C58H110O6. The van der Waals surface area contributed by atoms with Crippen LogP contribution in [-0.4, -0.2) is 37.2 Å². The molecule has 0 N–H and O–H groups in total. The molecule has 0 amide bonds. The van der Waals surface area contributed by atoms with Crippen molar-refractivity contribution < 1.29 is 28.6 Å². The fourth-order valence-electron chi connectivity index (χ4n) is 8.68. The summed E-state index contributed by atoms with van der Waals surface area (Å²) >= 11 is 0. The van der Waals surface area contributed by atoms with Gasteiger partial charge in [-0.2, -0.15) is 0 Å². The Morgan fingerprint density at radius 3 is 0.781 bits per heavy atom. The lowest BCUT2D eigenvalue weighted by Crippen LogP contribution is -2.30. The average Bonchev–Trinajstić information content (AvgIpc) is 3.29. The SMILES string of the molecule is CCCCCCCCCC/C=C\CCCCCCCCCCCCCC(=O)OCC(COC(=O)CCCCCCCCCCC)OC(=O)CCCCCCCCCCCCCCCC. The molecule has 0 saturated carbocycles. The van der Waals surface area contributed by atoms with Gasteiger partial charge in [0.1, 0.15) is 13.2 Å². The van der Waals surface area contributed by atoms with Crippen molar-refractivity contribution in [1.29, 1.82) is 0 Å². The summed E-state index contributed by atoms with van der Waals surface area (Å²) < 4.78 is 16.8. The zero-order valence-electron chi connectivity index (χ0n) is 43.3. The monoisotopic (exact) mass is 903 g/mol. The van der Waals surface area contributed by atoms with E-state index < -0.39 is 6.10 Å². The van der Waals surface area contributed by atoms with E-state index in [0.29, 0.717) is 19.3 Å². The number of carbonyl (C=O) groups excluding carboxylic acids is 3. The number of allylic oxidation sites excluding steroid dienone is 2. The summed E-state index contributed by atoms with van der Waals surface area (Å²) in [6, 6.07) is 0. The molecule has 0 aliphatic heterocycles. The second-order valence-electron chi connectivity index (χ2n) is 19.6. The van der Waals surface area contributed by atoms with Crippen LogP contribution in [0.15, 0.2) is 12.2 Å². The topological polar surface area (TPSA) is 78.9 Å². The average molecular weight is 904 g/mol. The Bertz CT molecular complexity index is 993. The molecule has 0 aromatic carbocycles. The lowest BCUT2D eigenvalue weighted by atomic mass is 10.0. The smallest absolute Gasteiger partial charge is 0.306 e. The molecule has 0 aliphatic carbocycles. The molecule has 6 heteroatoms. The first-order chi connectivity index (χ1) is 31.5. The van der Waals surface area contributed by atoms with Gasteiger partial charge in [-0.1, -0.05) is 270 Å². The molecule has 0 heterocycles. The van der Waals surface area contributed by atoms with Crippen LogP contribution >= 0.6 is 0 Å². The zero-order valence-corrected chi connectivity index (χ0v) is 43.3. The lowest BCUT2D eigenvalue weighted by molar-refractivity contribution is -0.167. The van der Waals surface area contributed by atoms with E-state index in [0.717, 1.165) is 57.8 Å². The van der Waals surface area contributed by atoms with Crippen molar-refractivity contribution in [3.63, 3.8) is 0 Å². The summed E-state index contributed by atoms with van der Waals surface area (Å²) in [6.45, 7) is 6.67. The van der Waals surface area contributed by atoms with Gasteiger partial charge in [-0.15, -0.1) is 0 Å². The maximum atomic E-state index is 12.8. The number of carbonyl (C=O) groups is 3. The van der Waals surface area contributed by atoms with Crippen LogP contribution in [0.25, 0.3) is 0 Å². The fourth-order valence-corrected chi connectivity index (χ4v) is 8.68. The summed E-state index contributed by atoms with van der Waals surface area (Å²) in [5.41, 5.74) is 0. The molecule has 0 aliphatic rings. The van der Waals surface area contributed by atoms with Crippen molar-refractivity contribution >= 4 is 17.9 Å². The van der Waals surface area contributed by atoms with Crippen LogP contribution in [-0.2, 0) is 28.6 Å². The van der Waals surface area contributed by atoms with Crippen LogP contribution < -0.4 is 0 Å². The highest BCUT2D eigenvalue weighted by Crippen LogP contribution is 2.17. The number of ether oxygens (including phenoxy) is 3. The number of hydrogen-bond donors (Lipinski definition) is 0. The van der Waals surface area contributed by atoms with Gasteiger partial charge in [0.15, 0.2) is 6.10 Å². The van der Waals surface area contributed by atoms with Crippen LogP contribution in [0.2, 0.25) is 0 Å². The van der Waals surface area contributed by atoms with E-state index >= 15 is 0 Å². The summed E-state index contributed by atoms with van der Waals surface area (Å²) in [5, 5.41) is 0. The second kappa shape index (κ2) is 53.8. The first kappa shape index (κ1) is 62.1. The van der Waals surface area contributed by atoms with Gasteiger partial charge in [-0.3, -0.25) is 14.4 Å². The Kier molecular flexibility index (Phi) is 52.2. The molecule has 1 atom stereocenters. The van der Waals surface area contributed by atoms with Crippen molar-refractivity contribution in [2.24, 2.45) is 0 Å². The summed E-state index contributed by atoms with van der Waals surface area (Å²) in [6.07, 6.45) is 60.7. The third-order valence-corrected chi connectivity index (χ3v) is 13.0. The molecule has 378 valence electrons. The molecule has 0 radical (unpaired) electrons. The van der Waals surface area contributed by atoms with Gasteiger partial charge < -0.3 is 14.2 Å². The Morgan fingerprint density at radius 1 is 0.297 bits per heavy atom. The van der Waals surface area contributed by atoms with Gasteiger partial charge in [-0.25, -0.2) is 0 Å². The van der Waals surface area contributed by atoms with Crippen molar-refractivity contribution in [3.8, 4) is 0 Å². The minimum atomic E-state index is -0.763. The minimum absolute atomic E-state index is 0.0647. The van der Waals surface area contributed by atoms with Crippen LogP contribution in [0.5, 0.6) is 0 Å². The van der Waals surface area contributed by atoms with Crippen molar-refractivity contribution in [2.45, 2.75) is 329 Å². The Labute approximate surface area is 399 Å². The largest absolute Gasteiger partial charge is 0.462 e. The molecule has 1 unspecified atom stereocenters. The molecule has 0 aromatic heterocycles. The maximum absolute atomic E-state index is 12.8. The molecule has 64 heavy (non-hydrogen) atoms. The van der Waals surface area contributed by atoms with Crippen LogP contribution in [0.4, 0.5) is 0 Å². The molecule has 0 saturated heterocycles. The summed E-state index contributed by atoms with van der Waals surface area (Å²) in [4.78, 5) is 38.0. The predicted octanol–water partition coefficient (Wildman–Crippen LogP) is 18.9. The third-order valence-electron chi connectivity index (χ3n) is 13.0. The number of rotatable bonds is 53. The fraction of sp³-hybridized carbons (Fsp3) is 0.914. The summed E-state index contributed by atoms with van der Waals surface area (Å²) in [5.74, 6) is -0.847. The van der Waals surface area contributed by atoms with Crippen molar-refractivity contribution in [2.75, 3.05) is 13.2 Å². The van der Waals surface area contributed by atoms with Crippen LogP contribution in [0, 0.1) is 0 Å². The number of unbranched alkanes of at least 4 members (excludes halogenated alkanes) is 40. The molecule has 0 spiro atoms. The Balaban J connectivity index is 4.16. The highest BCUT2D eigenvalue weighted by atomic mass is 16.6. The van der Waals surface area contributed by atoms with Crippen LogP contribution in [0.3, 0.4) is 0 Å². The van der Waals surface area contributed by atoms with E-state index in [1.54, 1.807) is 0 Å². The second-order valence-corrected chi connectivity index (χ2v) is 19.6. The minimum Gasteiger partial charge on any atom is -0.462 e. The normalized spacial score (nSPS) is 12.0. The third kappa shape index (κ3) is 51.1. The highest BCUT2D eigenvalue weighted by Gasteiger charge is 2.19. The van der Waals surface area contributed by atoms with Gasteiger partial charge in [0, 0.05) is 19.3 Å². The first-order valence-electron chi connectivity index (χ1n) is 28.7. The van der Waals surface area contributed by atoms with E-state index in [-0.39, 0.29) is 31.1 Å². The molecule has 0 fully saturated rings. The van der Waals surface area contributed by atoms with Crippen molar-refractivity contribution in [1.82, 2.24) is 0 Å². The maximum Gasteiger partial charge on any atom is 0.306 e. The zero-order chi connectivity index (χ0) is 46.5. The molecule has 0 aromatic rings. The number of esters is 3. The van der Waals surface area contributed by atoms with E-state index in [4.69, 9.17) is 14.2 Å². The molecule has 0 bridgehead atoms. The quantitative estimate of drug-likeness (QED) is 0.0262. The van der Waals surface area contributed by atoms with Gasteiger partial charge in [0.2, 0.25) is 0 Å². The Morgan fingerprint density at radius 2 is 0.516 bits per heavy atom. The highest BCUT2D eigenvalue weighted by molar-refractivity contribution is 5.71. The van der Waals surface area contributed by atoms with Crippen molar-refractivity contribution in [3.05, 3.63) is 12.2 Å². The molecule has 6 nitrogen and oxygen atoms in total. The molecular weight excluding hydrogens is 793 g/mol. The van der Waals surface area contributed by atoms with Gasteiger partial charge >= 0.3 is 17.9 Å². The van der Waals surface area contributed by atoms with Crippen LogP contribution in [0.1, 0.15) is 323 Å². The first-order valence-corrected chi connectivity index (χ1v) is 28.7. The summed E-state index contributed by atoms with van der Waals surface area (Å²) in [7, 11) is 0. The standard InChI is InChI=1S/C58H110O6/c1-4-7-10-13-16-19-21-23-25-26-27-28-29-30-31-32-33-35-36-39-42-45-48-51-57(60)63-54-55(53-62-56(59)50-47-44-41-38-18-15-12-9-6-3)64-58(61)52-49-46-43-40-37-34-24-22-20-17-14-11-8-5-2/h26-27,55H,4-25,28-54H2,1-3H3/b27-26-. The molecule has 0 rings (SSSR count). The lowest BCUT2D eigenvalue weighted by Gasteiger charge is -2.18. The van der Waals surface area contributed by atoms with E-state index in [9.17, 15) is 14.4 Å². The van der Waals surface area contributed by atoms with Gasteiger partial charge in [0.25, 0.3) is 0 Å². The number of hydrogen-bond acceptors (Lipinski definition) is 6. The van der Waals surface area contributed by atoms with E-state index in [2.05, 4.69) is 32.9 Å².